The lowest BCUT2D eigenvalue weighted by molar-refractivity contribution is 0.00578. The predicted molar refractivity (Wildman–Crippen MR) is 81.3 cm³/mol. The molecule has 1 heterocycles. The Bertz CT molecular complexity index is 648. The molecule has 3 nitrogen and oxygen atoms in total. The minimum atomic E-state index is -0.381. The predicted octanol–water partition coefficient (Wildman–Crippen LogP) is 2.84. The summed E-state index contributed by atoms with van der Waals surface area (Å²) >= 11 is 0. The molecule has 1 aliphatic rings. The monoisotopic (exact) mass is 270 g/mol. The van der Waals surface area contributed by atoms with Gasteiger partial charge in [-0.05, 0) is 56.1 Å². The third-order valence-electron chi connectivity index (χ3n) is 4.40. The maximum absolute atomic E-state index is 9.59. The molecule has 4 heteroatoms. The number of phenolic OH excluding ortho intramolecular Hbond substituents is 1. The van der Waals surface area contributed by atoms with Crippen LogP contribution in [0.25, 0.3) is 10.8 Å². The fourth-order valence-corrected chi connectivity index (χ4v) is 2.47. The van der Waals surface area contributed by atoms with E-state index < -0.39 is 0 Å². The standard InChI is InChI=1S/C16H19BO3/c1-15(2)16(3,4)20-17(19-15)14-7-5-6-11-10-12(18)8-9-13(11)14/h5-10,18H,1-4H3. The summed E-state index contributed by atoms with van der Waals surface area (Å²) in [7, 11) is -0.381. The average molecular weight is 270 g/mol. The first-order chi connectivity index (χ1) is 9.30. The zero-order valence-corrected chi connectivity index (χ0v) is 12.3. The van der Waals surface area contributed by atoms with E-state index in [-0.39, 0.29) is 24.1 Å². The Balaban J connectivity index is 2.08. The van der Waals surface area contributed by atoms with E-state index in [9.17, 15) is 5.11 Å². The molecule has 0 radical (unpaired) electrons. The smallest absolute Gasteiger partial charge is 0.495 e. The van der Waals surface area contributed by atoms with Gasteiger partial charge in [-0.2, -0.15) is 0 Å². The quantitative estimate of drug-likeness (QED) is 0.810. The molecule has 3 rings (SSSR count). The molecule has 0 atom stereocenters. The molecule has 0 saturated carbocycles. The van der Waals surface area contributed by atoms with Crippen LogP contribution in [0.4, 0.5) is 0 Å². The number of hydrogen-bond acceptors (Lipinski definition) is 3. The Hall–Kier alpha value is -1.52. The van der Waals surface area contributed by atoms with Crippen molar-refractivity contribution < 1.29 is 14.4 Å². The van der Waals surface area contributed by atoms with Crippen LogP contribution in [-0.2, 0) is 9.31 Å². The van der Waals surface area contributed by atoms with Crippen molar-refractivity contribution in [2.75, 3.05) is 0 Å². The van der Waals surface area contributed by atoms with Gasteiger partial charge in [-0.15, -0.1) is 0 Å². The molecule has 1 saturated heterocycles. The molecule has 0 spiro atoms. The highest BCUT2D eigenvalue weighted by atomic mass is 16.7. The molecule has 104 valence electrons. The lowest BCUT2D eigenvalue weighted by Crippen LogP contribution is -2.41. The zero-order valence-electron chi connectivity index (χ0n) is 12.3. The van der Waals surface area contributed by atoms with E-state index in [1.165, 1.54) is 0 Å². The van der Waals surface area contributed by atoms with Gasteiger partial charge in [0.15, 0.2) is 0 Å². The first-order valence-electron chi connectivity index (χ1n) is 6.87. The van der Waals surface area contributed by atoms with Gasteiger partial charge in [-0.1, -0.05) is 24.3 Å². The molecule has 1 aliphatic heterocycles. The molecule has 0 aliphatic carbocycles. The maximum Gasteiger partial charge on any atom is 0.495 e. The molecular weight excluding hydrogens is 251 g/mol. The van der Waals surface area contributed by atoms with Crippen LogP contribution in [0.3, 0.4) is 0 Å². The van der Waals surface area contributed by atoms with Crippen molar-refractivity contribution in [1.29, 1.82) is 0 Å². The second kappa shape index (κ2) is 4.24. The average Bonchev–Trinajstić information content (AvgIpc) is 2.57. The first-order valence-corrected chi connectivity index (χ1v) is 6.87. The maximum atomic E-state index is 9.59. The second-order valence-corrected chi connectivity index (χ2v) is 6.34. The van der Waals surface area contributed by atoms with Crippen molar-refractivity contribution in [1.82, 2.24) is 0 Å². The Morgan fingerprint density at radius 1 is 0.950 bits per heavy atom. The highest BCUT2D eigenvalue weighted by Gasteiger charge is 2.52. The molecule has 2 aromatic carbocycles. The molecule has 20 heavy (non-hydrogen) atoms. The van der Waals surface area contributed by atoms with Gasteiger partial charge in [0.1, 0.15) is 5.75 Å². The van der Waals surface area contributed by atoms with Crippen molar-refractivity contribution in [3.8, 4) is 5.75 Å². The summed E-state index contributed by atoms with van der Waals surface area (Å²) in [6, 6.07) is 11.3. The lowest BCUT2D eigenvalue weighted by atomic mass is 9.76. The highest BCUT2D eigenvalue weighted by Crippen LogP contribution is 2.37. The fraction of sp³-hybridized carbons (Fsp3) is 0.375. The lowest BCUT2D eigenvalue weighted by Gasteiger charge is -2.32. The topological polar surface area (TPSA) is 38.7 Å². The highest BCUT2D eigenvalue weighted by molar-refractivity contribution is 6.65. The molecule has 1 N–H and O–H groups in total. The van der Waals surface area contributed by atoms with Crippen LogP contribution >= 0.6 is 0 Å². The number of phenols is 1. The minimum Gasteiger partial charge on any atom is -0.508 e. The second-order valence-electron chi connectivity index (χ2n) is 6.34. The van der Waals surface area contributed by atoms with Crippen molar-refractivity contribution in [3.63, 3.8) is 0 Å². The Kier molecular flexibility index (Phi) is 2.85. The number of hydrogen-bond donors (Lipinski definition) is 1. The van der Waals surface area contributed by atoms with E-state index in [2.05, 4.69) is 0 Å². The van der Waals surface area contributed by atoms with E-state index >= 15 is 0 Å². The van der Waals surface area contributed by atoms with E-state index in [0.717, 1.165) is 16.2 Å². The normalized spacial score (nSPS) is 20.5. The first kappa shape index (κ1) is 13.5. The van der Waals surface area contributed by atoms with Gasteiger partial charge >= 0.3 is 7.12 Å². The molecular formula is C16H19BO3. The zero-order chi connectivity index (χ0) is 14.5. The van der Waals surface area contributed by atoms with Gasteiger partial charge in [-0.25, -0.2) is 0 Å². The third-order valence-corrected chi connectivity index (χ3v) is 4.40. The van der Waals surface area contributed by atoms with Gasteiger partial charge in [0.25, 0.3) is 0 Å². The Morgan fingerprint density at radius 3 is 2.25 bits per heavy atom. The Labute approximate surface area is 119 Å². The van der Waals surface area contributed by atoms with Crippen LogP contribution in [0.2, 0.25) is 0 Å². The van der Waals surface area contributed by atoms with Gasteiger partial charge in [0.2, 0.25) is 0 Å². The van der Waals surface area contributed by atoms with E-state index in [4.69, 9.17) is 9.31 Å². The van der Waals surface area contributed by atoms with Crippen LogP contribution in [-0.4, -0.2) is 23.4 Å². The molecule has 0 unspecified atom stereocenters. The summed E-state index contributed by atoms with van der Waals surface area (Å²) in [6.45, 7) is 8.18. The van der Waals surface area contributed by atoms with Crippen LogP contribution in [0, 0.1) is 0 Å². The largest absolute Gasteiger partial charge is 0.508 e. The van der Waals surface area contributed by atoms with Gasteiger partial charge in [0, 0.05) is 0 Å². The van der Waals surface area contributed by atoms with Crippen molar-refractivity contribution >= 4 is 23.4 Å². The van der Waals surface area contributed by atoms with Crippen LogP contribution in [0.15, 0.2) is 36.4 Å². The fourth-order valence-electron chi connectivity index (χ4n) is 2.47. The molecule has 0 aromatic heterocycles. The van der Waals surface area contributed by atoms with E-state index in [1.807, 2.05) is 52.0 Å². The Morgan fingerprint density at radius 2 is 1.60 bits per heavy atom. The van der Waals surface area contributed by atoms with Crippen molar-refractivity contribution in [2.45, 2.75) is 38.9 Å². The minimum absolute atomic E-state index is 0.267. The van der Waals surface area contributed by atoms with Crippen LogP contribution in [0.1, 0.15) is 27.7 Å². The third kappa shape index (κ3) is 2.00. The summed E-state index contributed by atoms with van der Waals surface area (Å²) in [5.74, 6) is 0.267. The van der Waals surface area contributed by atoms with E-state index in [1.54, 1.807) is 12.1 Å². The number of benzene rings is 2. The number of rotatable bonds is 1. The molecule has 1 fully saturated rings. The summed E-state index contributed by atoms with van der Waals surface area (Å²) in [5.41, 5.74) is 0.300. The summed E-state index contributed by atoms with van der Waals surface area (Å²) in [5, 5.41) is 11.6. The SMILES string of the molecule is CC1(C)OB(c2cccc3cc(O)ccc23)OC1(C)C. The van der Waals surface area contributed by atoms with Gasteiger partial charge in [0.05, 0.1) is 11.2 Å². The number of fused-ring (bicyclic) bond motifs is 1. The van der Waals surface area contributed by atoms with Crippen molar-refractivity contribution in [2.24, 2.45) is 0 Å². The molecule has 2 aromatic rings. The number of aromatic hydroxyl groups is 1. The van der Waals surface area contributed by atoms with Crippen LogP contribution < -0.4 is 5.46 Å². The van der Waals surface area contributed by atoms with E-state index in [0.29, 0.717) is 0 Å². The van der Waals surface area contributed by atoms with Gasteiger partial charge in [-0.3, -0.25) is 0 Å². The van der Waals surface area contributed by atoms with Gasteiger partial charge < -0.3 is 14.4 Å². The summed E-state index contributed by atoms with van der Waals surface area (Å²) in [6.07, 6.45) is 0. The molecule has 0 bridgehead atoms. The molecule has 0 amide bonds. The van der Waals surface area contributed by atoms with Crippen molar-refractivity contribution in [3.05, 3.63) is 36.4 Å². The summed E-state index contributed by atoms with van der Waals surface area (Å²) < 4.78 is 12.2. The van der Waals surface area contributed by atoms with Crippen LogP contribution in [0.5, 0.6) is 5.75 Å². The summed E-state index contributed by atoms with van der Waals surface area (Å²) in [4.78, 5) is 0.